The standard InChI is InChI=1S/C7H14F3NO/c1-3-5(2)11-4-6(12)7(8,9)10/h5-6,11-12H,3-4H2,1-2H3/p+1/t5-,6-/m1/s1. The molecule has 0 saturated carbocycles. The van der Waals surface area contributed by atoms with Crippen molar-refractivity contribution in [2.75, 3.05) is 6.54 Å². The lowest BCUT2D eigenvalue weighted by Gasteiger charge is -2.15. The second-order valence-electron chi connectivity index (χ2n) is 2.91. The lowest BCUT2D eigenvalue weighted by atomic mass is 10.2. The predicted molar refractivity (Wildman–Crippen MR) is 38.6 cm³/mol. The zero-order valence-electron chi connectivity index (χ0n) is 7.23. The average molecular weight is 186 g/mol. The van der Waals surface area contributed by atoms with Crippen molar-refractivity contribution >= 4 is 0 Å². The first kappa shape index (κ1) is 11.7. The van der Waals surface area contributed by atoms with Gasteiger partial charge in [-0.3, -0.25) is 0 Å². The van der Waals surface area contributed by atoms with E-state index in [4.69, 9.17) is 5.11 Å². The van der Waals surface area contributed by atoms with Crippen molar-refractivity contribution in [1.82, 2.24) is 0 Å². The van der Waals surface area contributed by atoms with Gasteiger partial charge in [0.1, 0.15) is 6.54 Å². The summed E-state index contributed by atoms with van der Waals surface area (Å²) in [5.74, 6) is 0. The maximum Gasteiger partial charge on any atom is 0.419 e. The lowest BCUT2D eigenvalue weighted by molar-refractivity contribution is -0.695. The molecule has 0 saturated heterocycles. The van der Waals surface area contributed by atoms with E-state index in [-0.39, 0.29) is 12.6 Å². The van der Waals surface area contributed by atoms with Crippen LogP contribution in [0.4, 0.5) is 13.2 Å². The molecule has 0 aliphatic heterocycles. The number of hydrogen-bond donors (Lipinski definition) is 2. The Hall–Kier alpha value is -0.290. The van der Waals surface area contributed by atoms with Crippen LogP contribution in [0.3, 0.4) is 0 Å². The summed E-state index contributed by atoms with van der Waals surface area (Å²) in [6, 6.07) is 0.127. The quantitative estimate of drug-likeness (QED) is 0.649. The molecule has 12 heavy (non-hydrogen) atoms. The molecule has 2 atom stereocenters. The lowest BCUT2D eigenvalue weighted by Crippen LogP contribution is -2.91. The Labute approximate surface area is 69.8 Å². The van der Waals surface area contributed by atoms with Crippen LogP contribution in [0.2, 0.25) is 0 Å². The van der Waals surface area contributed by atoms with Crippen molar-refractivity contribution in [3.8, 4) is 0 Å². The van der Waals surface area contributed by atoms with E-state index >= 15 is 0 Å². The molecule has 0 heterocycles. The molecule has 0 aromatic rings. The average Bonchev–Trinajstić information content (AvgIpc) is 1.97. The summed E-state index contributed by atoms with van der Waals surface area (Å²) in [7, 11) is 0. The minimum Gasteiger partial charge on any atom is -0.379 e. The van der Waals surface area contributed by atoms with Crippen molar-refractivity contribution in [1.29, 1.82) is 0 Å². The summed E-state index contributed by atoms with van der Waals surface area (Å²) in [6.07, 6.45) is -5.89. The molecule has 0 aliphatic rings. The van der Waals surface area contributed by atoms with Gasteiger partial charge in [-0.05, 0) is 13.3 Å². The Morgan fingerprint density at radius 1 is 1.42 bits per heavy atom. The molecular weight excluding hydrogens is 171 g/mol. The third kappa shape index (κ3) is 4.56. The highest BCUT2D eigenvalue weighted by Gasteiger charge is 2.39. The predicted octanol–water partition coefficient (Wildman–Crippen LogP) is 0.272. The van der Waals surface area contributed by atoms with Crippen LogP contribution < -0.4 is 5.32 Å². The molecule has 0 aliphatic carbocycles. The maximum absolute atomic E-state index is 11.7. The Morgan fingerprint density at radius 2 is 1.92 bits per heavy atom. The number of alkyl halides is 3. The van der Waals surface area contributed by atoms with E-state index < -0.39 is 12.3 Å². The summed E-state index contributed by atoms with van der Waals surface area (Å²) in [6.45, 7) is 3.41. The van der Waals surface area contributed by atoms with Crippen LogP contribution in [0, 0.1) is 0 Å². The highest BCUT2D eigenvalue weighted by Crippen LogP contribution is 2.18. The van der Waals surface area contributed by atoms with Gasteiger partial charge in [-0.2, -0.15) is 13.2 Å². The normalized spacial score (nSPS) is 17.5. The van der Waals surface area contributed by atoms with Gasteiger partial charge in [0, 0.05) is 0 Å². The van der Waals surface area contributed by atoms with Crippen LogP contribution in [-0.4, -0.2) is 30.0 Å². The van der Waals surface area contributed by atoms with Gasteiger partial charge >= 0.3 is 6.18 Å². The fourth-order valence-electron chi connectivity index (χ4n) is 0.662. The number of hydrogen-bond acceptors (Lipinski definition) is 1. The highest BCUT2D eigenvalue weighted by molar-refractivity contribution is 4.62. The Kier molecular flexibility index (Phi) is 4.55. The monoisotopic (exact) mass is 186 g/mol. The zero-order chi connectivity index (χ0) is 9.78. The van der Waals surface area contributed by atoms with Crippen molar-refractivity contribution in [2.24, 2.45) is 0 Å². The molecule has 0 amide bonds. The second-order valence-corrected chi connectivity index (χ2v) is 2.91. The van der Waals surface area contributed by atoms with Crippen molar-refractivity contribution in [2.45, 2.75) is 38.6 Å². The third-order valence-electron chi connectivity index (χ3n) is 1.78. The van der Waals surface area contributed by atoms with E-state index in [9.17, 15) is 13.2 Å². The summed E-state index contributed by atoms with van der Waals surface area (Å²) < 4.78 is 35.2. The molecular formula is C7H15F3NO+. The minimum absolute atomic E-state index is 0.127. The molecule has 0 spiro atoms. The van der Waals surface area contributed by atoms with Gasteiger partial charge in [-0.1, -0.05) is 6.92 Å². The number of quaternary nitrogens is 1. The number of halogens is 3. The maximum atomic E-state index is 11.7. The summed E-state index contributed by atoms with van der Waals surface area (Å²) in [5, 5.41) is 10.1. The van der Waals surface area contributed by atoms with Crippen LogP contribution in [0.25, 0.3) is 0 Å². The molecule has 0 rings (SSSR count). The van der Waals surface area contributed by atoms with E-state index in [1.807, 2.05) is 13.8 Å². The van der Waals surface area contributed by atoms with E-state index in [0.29, 0.717) is 0 Å². The molecule has 0 radical (unpaired) electrons. The van der Waals surface area contributed by atoms with Gasteiger partial charge < -0.3 is 10.4 Å². The highest BCUT2D eigenvalue weighted by atomic mass is 19.4. The molecule has 5 heteroatoms. The fourth-order valence-corrected chi connectivity index (χ4v) is 0.662. The molecule has 0 unspecified atom stereocenters. The second kappa shape index (κ2) is 4.67. The molecule has 74 valence electrons. The number of aliphatic hydroxyl groups is 1. The Bertz CT molecular complexity index is 126. The van der Waals surface area contributed by atoms with Crippen LogP contribution in [0.1, 0.15) is 20.3 Å². The molecule has 0 fully saturated rings. The van der Waals surface area contributed by atoms with E-state index in [1.165, 1.54) is 5.32 Å². The molecule has 3 N–H and O–H groups in total. The van der Waals surface area contributed by atoms with Crippen LogP contribution in [0.5, 0.6) is 0 Å². The first-order valence-corrected chi connectivity index (χ1v) is 3.96. The van der Waals surface area contributed by atoms with Crippen molar-refractivity contribution < 1.29 is 23.6 Å². The first-order chi connectivity index (χ1) is 5.38. The number of nitrogens with two attached hydrogens (primary N) is 1. The van der Waals surface area contributed by atoms with E-state index in [0.717, 1.165) is 6.42 Å². The zero-order valence-corrected chi connectivity index (χ0v) is 7.23. The number of rotatable bonds is 4. The van der Waals surface area contributed by atoms with Crippen LogP contribution >= 0.6 is 0 Å². The largest absolute Gasteiger partial charge is 0.419 e. The molecule has 0 bridgehead atoms. The first-order valence-electron chi connectivity index (χ1n) is 3.96. The van der Waals surface area contributed by atoms with E-state index in [1.54, 1.807) is 0 Å². The van der Waals surface area contributed by atoms with Crippen LogP contribution in [-0.2, 0) is 0 Å². The van der Waals surface area contributed by atoms with Gasteiger partial charge in [-0.15, -0.1) is 0 Å². The Balaban J connectivity index is 3.64. The molecule has 0 aromatic carbocycles. The van der Waals surface area contributed by atoms with Crippen molar-refractivity contribution in [3.05, 3.63) is 0 Å². The topological polar surface area (TPSA) is 36.8 Å². The summed E-state index contributed by atoms with van der Waals surface area (Å²) in [4.78, 5) is 0. The van der Waals surface area contributed by atoms with Gasteiger partial charge in [-0.25, -0.2) is 0 Å². The smallest absolute Gasteiger partial charge is 0.379 e. The Morgan fingerprint density at radius 3 is 2.25 bits per heavy atom. The summed E-state index contributed by atoms with van der Waals surface area (Å²) >= 11 is 0. The van der Waals surface area contributed by atoms with Gasteiger partial charge in [0.2, 0.25) is 0 Å². The molecule has 0 aromatic heterocycles. The molecule has 2 nitrogen and oxygen atoms in total. The van der Waals surface area contributed by atoms with Gasteiger partial charge in [0.05, 0.1) is 6.04 Å². The van der Waals surface area contributed by atoms with Gasteiger partial charge in [0.15, 0.2) is 6.10 Å². The van der Waals surface area contributed by atoms with Crippen molar-refractivity contribution in [3.63, 3.8) is 0 Å². The van der Waals surface area contributed by atoms with E-state index in [2.05, 4.69) is 0 Å². The van der Waals surface area contributed by atoms with Crippen LogP contribution in [0.15, 0.2) is 0 Å². The summed E-state index contributed by atoms with van der Waals surface area (Å²) in [5.41, 5.74) is 0. The number of aliphatic hydroxyl groups excluding tert-OH is 1. The minimum atomic E-state index is -4.48. The SMILES string of the molecule is CC[C@@H](C)[NH2+]C[C@@H](O)C(F)(F)F. The van der Waals surface area contributed by atoms with Gasteiger partial charge in [0.25, 0.3) is 0 Å². The third-order valence-corrected chi connectivity index (χ3v) is 1.78. The fraction of sp³-hybridized carbons (Fsp3) is 1.00.